The molecule has 3 rings (SSSR count). The first-order chi connectivity index (χ1) is 16.2. The molecule has 0 aliphatic rings. The van der Waals surface area contributed by atoms with Crippen molar-refractivity contribution in [2.45, 2.75) is 25.7 Å². The number of carbonyl (C=O) groups excluding carboxylic acids is 2. The fourth-order valence-electron chi connectivity index (χ4n) is 3.26. The van der Waals surface area contributed by atoms with E-state index in [9.17, 15) is 18.0 Å². The summed E-state index contributed by atoms with van der Waals surface area (Å²) >= 11 is 0. The van der Waals surface area contributed by atoms with Crippen LogP contribution in [0.4, 0.5) is 11.4 Å². The van der Waals surface area contributed by atoms with Crippen LogP contribution in [0.15, 0.2) is 88.9 Å². The van der Waals surface area contributed by atoms with E-state index >= 15 is 0 Å². The van der Waals surface area contributed by atoms with Gasteiger partial charge >= 0.3 is 0 Å². The van der Waals surface area contributed by atoms with Crippen LogP contribution in [0.25, 0.3) is 0 Å². The third kappa shape index (κ3) is 6.08. The Morgan fingerprint density at radius 3 is 2.26 bits per heavy atom. The van der Waals surface area contributed by atoms with Gasteiger partial charge in [-0.25, -0.2) is 13.8 Å². The van der Waals surface area contributed by atoms with Crippen molar-refractivity contribution in [1.82, 2.24) is 5.43 Å². The molecule has 0 radical (unpaired) electrons. The van der Waals surface area contributed by atoms with Crippen LogP contribution in [0.2, 0.25) is 0 Å². The lowest BCUT2D eigenvalue weighted by molar-refractivity contribution is -0.119. The first-order valence-corrected chi connectivity index (χ1v) is 12.0. The van der Waals surface area contributed by atoms with Crippen molar-refractivity contribution in [2.24, 2.45) is 5.10 Å². The molecule has 3 aromatic rings. The van der Waals surface area contributed by atoms with Gasteiger partial charge in [0.2, 0.25) is 5.91 Å². The van der Waals surface area contributed by atoms with Crippen LogP contribution in [-0.4, -0.2) is 32.5 Å². The van der Waals surface area contributed by atoms with Crippen LogP contribution in [0, 0.1) is 6.92 Å². The highest BCUT2D eigenvalue weighted by Crippen LogP contribution is 2.26. The van der Waals surface area contributed by atoms with Crippen molar-refractivity contribution in [1.29, 1.82) is 0 Å². The predicted octanol–water partition coefficient (Wildman–Crippen LogP) is 3.69. The molecule has 0 fully saturated rings. The summed E-state index contributed by atoms with van der Waals surface area (Å²) in [6.07, 6.45) is 0. The van der Waals surface area contributed by atoms with Crippen molar-refractivity contribution in [3.05, 3.63) is 90.0 Å². The van der Waals surface area contributed by atoms with Gasteiger partial charge in [0.15, 0.2) is 0 Å². The zero-order valence-electron chi connectivity index (χ0n) is 19.1. The molecule has 2 amide bonds. The van der Waals surface area contributed by atoms with Gasteiger partial charge in [0.05, 0.1) is 16.3 Å². The van der Waals surface area contributed by atoms with Crippen molar-refractivity contribution < 1.29 is 18.0 Å². The molecule has 0 unspecified atom stereocenters. The number of aryl methyl sites for hydroxylation is 1. The molecule has 0 bridgehead atoms. The van der Waals surface area contributed by atoms with Gasteiger partial charge in [-0.05, 0) is 55.3 Å². The summed E-state index contributed by atoms with van der Waals surface area (Å²) in [5.74, 6) is -0.795. The molecule has 8 nitrogen and oxygen atoms in total. The van der Waals surface area contributed by atoms with E-state index in [4.69, 9.17) is 0 Å². The van der Waals surface area contributed by atoms with E-state index in [2.05, 4.69) is 15.8 Å². The zero-order chi connectivity index (χ0) is 24.7. The van der Waals surface area contributed by atoms with Gasteiger partial charge in [0.25, 0.3) is 15.9 Å². The first kappa shape index (κ1) is 24.7. The second-order valence-corrected chi connectivity index (χ2v) is 9.47. The van der Waals surface area contributed by atoms with Crippen LogP contribution in [-0.2, 0) is 19.6 Å². The summed E-state index contributed by atoms with van der Waals surface area (Å²) in [7, 11) is -4.00. The maximum Gasteiger partial charge on any atom is 0.264 e. The lowest BCUT2D eigenvalue weighted by atomic mass is 10.1. The van der Waals surface area contributed by atoms with Crippen LogP contribution >= 0.6 is 0 Å². The van der Waals surface area contributed by atoms with Crippen molar-refractivity contribution >= 4 is 38.9 Å². The quantitative estimate of drug-likeness (QED) is 0.380. The van der Waals surface area contributed by atoms with E-state index in [1.54, 1.807) is 80.6 Å². The van der Waals surface area contributed by atoms with E-state index in [-0.39, 0.29) is 10.8 Å². The Bertz CT molecular complexity index is 1320. The van der Waals surface area contributed by atoms with Crippen LogP contribution in [0.5, 0.6) is 0 Å². The highest BCUT2D eigenvalue weighted by Gasteiger charge is 2.28. The van der Waals surface area contributed by atoms with E-state index in [1.165, 1.54) is 19.1 Å². The molecule has 34 heavy (non-hydrogen) atoms. The largest absolute Gasteiger partial charge is 0.326 e. The normalized spacial score (nSPS) is 11.6. The van der Waals surface area contributed by atoms with E-state index < -0.39 is 22.5 Å². The fraction of sp³-hybridized carbons (Fsp3) is 0.160. The summed E-state index contributed by atoms with van der Waals surface area (Å²) in [4.78, 5) is 24.2. The molecule has 176 valence electrons. The molecule has 2 N–H and O–H groups in total. The number of hydrogen-bond acceptors (Lipinski definition) is 5. The van der Waals surface area contributed by atoms with Gasteiger partial charge in [-0.1, -0.05) is 48.5 Å². The number of sulfonamides is 1. The Labute approximate surface area is 199 Å². The minimum atomic E-state index is -4.00. The summed E-state index contributed by atoms with van der Waals surface area (Å²) < 4.78 is 27.8. The molecular formula is C25H26N4O4S. The molecule has 0 spiro atoms. The molecule has 0 heterocycles. The number of benzene rings is 3. The summed E-state index contributed by atoms with van der Waals surface area (Å²) in [5, 5.41) is 6.81. The lowest BCUT2D eigenvalue weighted by Gasteiger charge is -2.25. The average Bonchev–Trinajstić information content (AvgIpc) is 2.82. The molecular weight excluding hydrogens is 452 g/mol. The van der Waals surface area contributed by atoms with Crippen LogP contribution in [0.3, 0.4) is 0 Å². The molecule has 0 aromatic heterocycles. The molecule has 3 aromatic carbocycles. The SMILES string of the molecule is CC(=O)Nc1cccc(/C(C)=N/NC(=O)CN(c2ccccc2C)S(=O)(=O)c2ccccc2)c1. The number of para-hydroxylation sites is 1. The summed E-state index contributed by atoms with van der Waals surface area (Å²) in [5.41, 5.74) is 5.35. The minimum absolute atomic E-state index is 0.0838. The monoisotopic (exact) mass is 478 g/mol. The molecule has 0 aliphatic carbocycles. The molecule has 9 heteroatoms. The highest BCUT2D eigenvalue weighted by molar-refractivity contribution is 7.92. The van der Waals surface area contributed by atoms with Gasteiger partial charge in [0, 0.05) is 12.6 Å². The average molecular weight is 479 g/mol. The fourth-order valence-corrected chi connectivity index (χ4v) is 4.77. The summed E-state index contributed by atoms with van der Waals surface area (Å²) in [6.45, 7) is 4.44. The summed E-state index contributed by atoms with van der Waals surface area (Å²) in [6, 6.07) is 21.9. The van der Waals surface area contributed by atoms with Crippen molar-refractivity contribution in [3.63, 3.8) is 0 Å². The van der Waals surface area contributed by atoms with Gasteiger partial charge in [-0.15, -0.1) is 0 Å². The van der Waals surface area contributed by atoms with Gasteiger partial charge < -0.3 is 5.32 Å². The maximum absolute atomic E-state index is 13.4. The molecule has 0 atom stereocenters. The molecule has 0 saturated heterocycles. The number of amides is 2. The van der Waals surface area contributed by atoms with E-state index in [1.807, 2.05) is 0 Å². The van der Waals surface area contributed by atoms with Gasteiger partial charge in [-0.2, -0.15) is 5.10 Å². The Hall–Kier alpha value is -3.98. The standard InChI is InChI=1S/C25H26N4O4S/c1-18-10-7-8-15-24(18)29(34(32,33)23-13-5-4-6-14-23)17-25(31)28-27-19(2)21-11-9-12-22(16-21)26-20(3)30/h4-16H,17H2,1-3H3,(H,26,30)(H,28,31)/b27-19+. The molecule has 0 aliphatic heterocycles. The van der Waals surface area contributed by atoms with E-state index in [0.29, 0.717) is 28.2 Å². The number of nitrogens with zero attached hydrogens (tertiary/aromatic N) is 2. The first-order valence-electron chi connectivity index (χ1n) is 10.5. The number of hydrogen-bond donors (Lipinski definition) is 2. The number of carbonyl (C=O) groups is 2. The Balaban J connectivity index is 1.84. The van der Waals surface area contributed by atoms with Gasteiger partial charge in [-0.3, -0.25) is 13.9 Å². The topological polar surface area (TPSA) is 108 Å². The van der Waals surface area contributed by atoms with E-state index in [0.717, 1.165) is 4.31 Å². The zero-order valence-corrected chi connectivity index (χ0v) is 20.0. The number of nitrogens with one attached hydrogen (secondary N) is 2. The van der Waals surface area contributed by atoms with Crippen molar-refractivity contribution in [2.75, 3.05) is 16.2 Å². The maximum atomic E-state index is 13.4. The van der Waals surface area contributed by atoms with Crippen LogP contribution in [0.1, 0.15) is 25.0 Å². The smallest absolute Gasteiger partial charge is 0.264 e. The number of anilines is 2. The molecule has 0 saturated carbocycles. The number of rotatable bonds is 8. The lowest BCUT2D eigenvalue weighted by Crippen LogP contribution is -2.40. The van der Waals surface area contributed by atoms with Crippen LogP contribution < -0.4 is 15.0 Å². The Morgan fingerprint density at radius 1 is 0.912 bits per heavy atom. The third-order valence-electron chi connectivity index (χ3n) is 4.95. The third-order valence-corrected chi connectivity index (χ3v) is 6.73. The number of hydrazone groups is 1. The van der Waals surface area contributed by atoms with Gasteiger partial charge in [0.1, 0.15) is 6.54 Å². The second-order valence-electron chi connectivity index (χ2n) is 7.61. The second kappa shape index (κ2) is 10.8. The highest BCUT2D eigenvalue weighted by atomic mass is 32.2. The Morgan fingerprint density at radius 2 is 1.59 bits per heavy atom. The predicted molar refractivity (Wildman–Crippen MR) is 133 cm³/mol. The minimum Gasteiger partial charge on any atom is -0.326 e. The van der Waals surface area contributed by atoms with Crippen molar-refractivity contribution in [3.8, 4) is 0 Å². The Kier molecular flexibility index (Phi) is 7.80.